The Balaban J connectivity index is 0.000000102. The van der Waals surface area contributed by atoms with E-state index in [1.165, 1.54) is 60.1 Å². The lowest BCUT2D eigenvalue weighted by molar-refractivity contribution is 0.464. The fourth-order valence-electron chi connectivity index (χ4n) is 18.8. The minimum Gasteiger partial charge on any atom is -0.458 e. The van der Waals surface area contributed by atoms with Crippen LogP contribution in [-0.2, 0) is 0 Å². The first-order chi connectivity index (χ1) is 58.5. The predicted molar refractivity (Wildman–Crippen MR) is 481 cm³/mol. The molecule has 0 amide bonds. The van der Waals surface area contributed by atoms with E-state index in [4.69, 9.17) is 32.8 Å². The molecule has 9 nitrogen and oxygen atoms in total. The molecule has 0 bridgehead atoms. The number of rotatable bonds is 7. The first kappa shape index (κ1) is 67.1. The lowest BCUT2D eigenvalue weighted by Gasteiger charge is -2.33. The molecule has 6 aliphatic heterocycles. The van der Waals surface area contributed by atoms with Gasteiger partial charge in [0.05, 0.1) is 22.4 Å². The molecule has 9 heterocycles. The van der Waals surface area contributed by atoms with Crippen molar-refractivity contribution in [3.63, 3.8) is 0 Å². The molecule has 0 saturated heterocycles. The maximum atomic E-state index is 6.54. The Morgan fingerprint density at radius 1 is 0.203 bits per heavy atom. The number of nitrogens with zero attached hydrogens (tertiary/aromatic N) is 2. The molecule has 0 radical (unpaired) electrons. The second kappa shape index (κ2) is 27.2. The third-order valence-electron chi connectivity index (χ3n) is 24.1. The third-order valence-corrected chi connectivity index (χ3v) is 24.1. The quantitative estimate of drug-likeness (QED) is 0.147. The Labute approximate surface area is 681 Å². The van der Waals surface area contributed by atoms with Crippen LogP contribution in [0, 0.1) is 0 Å². The van der Waals surface area contributed by atoms with Gasteiger partial charge in [0.15, 0.2) is 0 Å². The zero-order valence-corrected chi connectivity index (χ0v) is 63.5. The average molecular weight is 1510 g/mol. The molecule has 0 spiro atoms. The number of hydrogen-bond acceptors (Lipinski definition) is 7. The van der Waals surface area contributed by atoms with Gasteiger partial charge in [-0.25, -0.2) is 0 Å². The van der Waals surface area contributed by atoms with Gasteiger partial charge in [0.1, 0.15) is 80.2 Å². The summed E-state index contributed by atoms with van der Waals surface area (Å²) in [6, 6.07) is 138. The van der Waals surface area contributed by atoms with Crippen LogP contribution in [0.25, 0.3) is 111 Å². The van der Waals surface area contributed by atoms with E-state index in [2.05, 4.69) is 337 Å². The fourth-order valence-corrected chi connectivity index (χ4v) is 18.8. The van der Waals surface area contributed by atoms with Crippen molar-refractivity contribution >= 4 is 113 Å². The number of fused-ring (bicyclic) bond motifs is 17. The highest BCUT2D eigenvalue weighted by Gasteiger charge is 2.44. The Bertz CT molecular complexity index is 7270. The second-order valence-electron chi connectivity index (χ2n) is 30.8. The molecule has 0 aliphatic carbocycles. The first-order valence-electron chi connectivity index (χ1n) is 40.1. The maximum Gasteiger partial charge on any atom is 0.260 e. The summed E-state index contributed by atoms with van der Waals surface area (Å²) < 4.78 is 50.0. The van der Waals surface area contributed by atoms with Gasteiger partial charge in [0.2, 0.25) is 0 Å². The van der Waals surface area contributed by atoms with E-state index in [9.17, 15) is 0 Å². The molecule has 12 heteroatoms. The Morgan fingerprint density at radius 2 is 0.542 bits per heavy atom. The van der Waals surface area contributed by atoms with Gasteiger partial charge in [-0.15, -0.1) is 0 Å². The minimum absolute atomic E-state index is 0.0785. The van der Waals surface area contributed by atoms with E-state index in [1.54, 1.807) is 0 Å². The van der Waals surface area contributed by atoms with Crippen molar-refractivity contribution in [2.75, 3.05) is 0 Å². The molecule has 0 fully saturated rings. The van der Waals surface area contributed by atoms with Gasteiger partial charge in [-0.3, -0.25) is 0 Å². The van der Waals surface area contributed by atoms with Gasteiger partial charge in [-0.1, -0.05) is 261 Å². The Morgan fingerprint density at radius 3 is 1.01 bits per heavy atom. The largest absolute Gasteiger partial charge is 0.458 e. The molecule has 0 unspecified atom stereocenters. The summed E-state index contributed by atoms with van der Waals surface area (Å²) in [5.74, 6) is 10.5. The van der Waals surface area contributed by atoms with Crippen LogP contribution in [0.15, 0.2) is 399 Å². The van der Waals surface area contributed by atoms with Crippen LogP contribution in [-0.4, -0.2) is 29.3 Å². The molecule has 20 aromatic rings. The number of hydrogen-bond donors (Lipinski definition) is 0. The second-order valence-corrected chi connectivity index (χ2v) is 30.8. The van der Waals surface area contributed by atoms with Gasteiger partial charge in [0, 0.05) is 54.9 Å². The number of para-hydroxylation sites is 11. The molecule has 0 N–H and O–H groups in total. The van der Waals surface area contributed by atoms with E-state index in [-0.39, 0.29) is 20.1 Å². The summed E-state index contributed by atoms with van der Waals surface area (Å²) in [5, 5.41) is 4.62. The summed E-state index contributed by atoms with van der Waals surface area (Å²) in [4.78, 5) is 0. The van der Waals surface area contributed by atoms with Gasteiger partial charge in [-0.2, -0.15) is 0 Å². The molecule has 17 aromatic carbocycles. The number of aromatic nitrogens is 2. The number of ether oxygens (including phenoxy) is 6. The van der Waals surface area contributed by atoms with Crippen molar-refractivity contribution in [2.45, 2.75) is 0 Å². The van der Waals surface area contributed by atoms with Crippen LogP contribution < -0.4 is 77.6 Å². The first-order valence-corrected chi connectivity index (χ1v) is 40.1. The van der Waals surface area contributed by atoms with Gasteiger partial charge in [-0.05, 0) is 205 Å². The zero-order chi connectivity index (χ0) is 77.5. The minimum atomic E-state index is 0.0785. The van der Waals surface area contributed by atoms with E-state index >= 15 is 0 Å². The monoisotopic (exact) mass is 1510 g/mol. The SMILES string of the molecule is c1ccc(-c2cc3cc(-c4cc5c6c(c4)Oc4ccccc4B6c4ccccc4O5)ccc3n2-c2ccccc2)cc1.c1ccc(-n2c(-c3ccc(-c4cc5c6c(c4)Oc4ccccc4B6c4ccccc4O5)cc3)cc3ccccc32)cc1.c1ccc2c(c1)Oc1cc(-c3cccc4c3oc3ccccc34)cc3c1B2c1ccccc1O3. The summed E-state index contributed by atoms with van der Waals surface area (Å²) in [7, 11) is 0. The Kier molecular flexibility index (Phi) is 15.5. The summed E-state index contributed by atoms with van der Waals surface area (Å²) in [6.07, 6.45) is 0. The molecule has 118 heavy (non-hydrogen) atoms. The highest BCUT2D eigenvalue weighted by Crippen LogP contribution is 2.46. The fraction of sp³-hybridized carbons (Fsp3) is 0. The lowest BCUT2D eigenvalue weighted by Crippen LogP contribution is -2.57. The number of benzene rings is 17. The van der Waals surface area contributed by atoms with Gasteiger partial charge >= 0.3 is 0 Å². The van der Waals surface area contributed by atoms with E-state index < -0.39 is 0 Å². The zero-order valence-electron chi connectivity index (χ0n) is 63.5. The van der Waals surface area contributed by atoms with Crippen LogP contribution in [0.1, 0.15) is 0 Å². The molecule has 26 rings (SSSR count). The standard InChI is InChI=1S/2C38H24BNO2.C30H17BO3/c1-3-11-25(12-4-1)33-22-28-21-26(19-20-32(28)40(33)29-13-5-2-6-14-29)27-23-36-38-37(24-27)42-35-18-10-8-16-31(35)39(38)30-15-7-9-17-34(30)41-36;1-2-11-29(12-3-1)40-32-15-7-4-10-27(32)22-33(40)26-20-18-25(19-21-26)28-23-36-38-37(24-28)42-35-17-9-6-14-31(35)39(38)30-13-5-8-16-34(30)41-36;1-4-13-24-20(8-1)21-10-7-9-19(30(21)34-24)18-16-27-29-28(17-18)33-26-15-6-3-12-23(26)31(29)22-11-2-5-14-25(22)32-27/h2*1-24H;1-17H. The van der Waals surface area contributed by atoms with Crippen LogP contribution >= 0.6 is 0 Å². The molecule has 0 saturated carbocycles. The van der Waals surface area contributed by atoms with Crippen LogP contribution in [0.2, 0.25) is 0 Å². The van der Waals surface area contributed by atoms with Crippen molar-refractivity contribution in [3.8, 4) is 136 Å². The van der Waals surface area contributed by atoms with E-state index in [0.29, 0.717) is 0 Å². The lowest BCUT2D eigenvalue weighted by atomic mass is 9.35. The molecule has 0 atom stereocenters. The highest BCUT2D eigenvalue weighted by molar-refractivity contribution is 6.99. The maximum absolute atomic E-state index is 6.54. The Hall–Kier alpha value is -15.4. The smallest absolute Gasteiger partial charge is 0.260 e. The highest BCUT2D eigenvalue weighted by atomic mass is 16.5. The van der Waals surface area contributed by atoms with Crippen molar-refractivity contribution in [1.82, 2.24) is 9.13 Å². The van der Waals surface area contributed by atoms with Crippen LogP contribution in [0.4, 0.5) is 0 Å². The molecular formula is C106H65B3N2O7. The number of furan rings is 1. The van der Waals surface area contributed by atoms with E-state index in [1.807, 2.05) is 66.7 Å². The van der Waals surface area contributed by atoms with Crippen molar-refractivity contribution in [2.24, 2.45) is 0 Å². The topological polar surface area (TPSA) is 78.4 Å². The van der Waals surface area contributed by atoms with Crippen molar-refractivity contribution in [1.29, 1.82) is 0 Å². The predicted octanol–water partition coefficient (Wildman–Crippen LogP) is 21.4. The van der Waals surface area contributed by atoms with Crippen molar-refractivity contribution in [3.05, 3.63) is 394 Å². The van der Waals surface area contributed by atoms with Gasteiger partial charge < -0.3 is 42.0 Å². The third kappa shape index (κ3) is 11.0. The molecule has 550 valence electrons. The molecular weight excluding hydrogens is 1450 g/mol. The molecule has 3 aromatic heterocycles. The normalized spacial score (nSPS) is 12.8. The van der Waals surface area contributed by atoms with Crippen molar-refractivity contribution < 1.29 is 32.8 Å². The van der Waals surface area contributed by atoms with Crippen LogP contribution in [0.3, 0.4) is 0 Å². The average Bonchev–Trinajstić information content (AvgIpc) is 1.02. The van der Waals surface area contributed by atoms with Crippen LogP contribution in [0.5, 0.6) is 69.0 Å². The summed E-state index contributed by atoms with van der Waals surface area (Å²) in [6.45, 7) is 0.243. The van der Waals surface area contributed by atoms with E-state index in [0.717, 1.165) is 169 Å². The molecule has 6 aliphatic rings. The summed E-state index contributed by atoms with van der Waals surface area (Å²) >= 11 is 0. The summed E-state index contributed by atoms with van der Waals surface area (Å²) in [5.41, 5.74) is 27.8. The van der Waals surface area contributed by atoms with Gasteiger partial charge in [0.25, 0.3) is 20.1 Å².